The van der Waals surface area contributed by atoms with E-state index < -0.39 is 6.10 Å². The lowest BCUT2D eigenvalue weighted by Gasteiger charge is -2.22. The zero-order valence-corrected chi connectivity index (χ0v) is 20.5. The highest BCUT2D eigenvalue weighted by Gasteiger charge is 2.23. The van der Waals surface area contributed by atoms with Gasteiger partial charge in [-0.05, 0) is 25.9 Å². The standard InChI is InChI=1S/C25H51NO4/c1-5-9-11-13-14-16-18-23(17-15-12-10-6-2)25(28)30-24(21-27)22-29-20-19-26(7-3)8-4/h23-24,27H,5-22H2,1-4H3. The minimum atomic E-state index is -0.558. The fourth-order valence-corrected chi connectivity index (χ4v) is 3.70. The fraction of sp³-hybridized carbons (Fsp3) is 0.960. The number of aliphatic hydroxyl groups is 1. The largest absolute Gasteiger partial charge is 0.457 e. The van der Waals surface area contributed by atoms with Crippen LogP contribution in [0.4, 0.5) is 0 Å². The van der Waals surface area contributed by atoms with Crippen molar-refractivity contribution in [3.63, 3.8) is 0 Å². The molecule has 0 fully saturated rings. The summed E-state index contributed by atoms with van der Waals surface area (Å²) in [6.45, 7) is 12.2. The Morgan fingerprint density at radius 2 is 1.37 bits per heavy atom. The third kappa shape index (κ3) is 16.1. The van der Waals surface area contributed by atoms with Crippen LogP contribution in [-0.2, 0) is 14.3 Å². The normalized spacial score (nSPS) is 13.5. The number of carbonyl (C=O) groups excluding carboxylic acids is 1. The van der Waals surface area contributed by atoms with Gasteiger partial charge in [-0.25, -0.2) is 0 Å². The summed E-state index contributed by atoms with van der Waals surface area (Å²) < 4.78 is 11.3. The Kier molecular flexibility index (Phi) is 21.1. The summed E-state index contributed by atoms with van der Waals surface area (Å²) in [5.41, 5.74) is 0. The van der Waals surface area contributed by atoms with E-state index in [4.69, 9.17) is 9.47 Å². The number of nitrogens with zero attached hydrogens (tertiary/aromatic N) is 1. The van der Waals surface area contributed by atoms with Crippen LogP contribution in [-0.4, -0.2) is 61.5 Å². The number of hydrogen-bond acceptors (Lipinski definition) is 5. The van der Waals surface area contributed by atoms with E-state index in [1.165, 1.54) is 51.4 Å². The quantitative estimate of drug-likeness (QED) is 0.180. The lowest BCUT2D eigenvalue weighted by Crippen LogP contribution is -2.32. The van der Waals surface area contributed by atoms with Crippen molar-refractivity contribution in [2.75, 3.05) is 39.5 Å². The Balaban J connectivity index is 4.38. The molecular weight excluding hydrogens is 378 g/mol. The zero-order valence-electron chi connectivity index (χ0n) is 20.5. The average molecular weight is 430 g/mol. The second kappa shape index (κ2) is 21.6. The number of aliphatic hydroxyl groups excluding tert-OH is 1. The molecule has 0 aromatic heterocycles. The number of ether oxygens (including phenoxy) is 2. The highest BCUT2D eigenvalue weighted by atomic mass is 16.6. The predicted molar refractivity (Wildman–Crippen MR) is 126 cm³/mol. The number of hydrogen-bond donors (Lipinski definition) is 1. The third-order valence-corrected chi connectivity index (χ3v) is 5.88. The first-order chi connectivity index (χ1) is 14.6. The summed E-state index contributed by atoms with van der Waals surface area (Å²) in [5.74, 6) is -0.191. The van der Waals surface area contributed by atoms with Gasteiger partial charge in [0.2, 0.25) is 0 Å². The molecule has 5 nitrogen and oxygen atoms in total. The Bertz CT molecular complexity index is 374. The molecule has 0 saturated carbocycles. The van der Waals surface area contributed by atoms with E-state index in [0.29, 0.717) is 6.61 Å². The SMILES string of the molecule is CCCCCCCCC(CCCCCC)C(=O)OC(CO)COCCN(CC)CC. The first kappa shape index (κ1) is 29.4. The maximum Gasteiger partial charge on any atom is 0.309 e. The molecule has 0 aliphatic carbocycles. The lowest BCUT2D eigenvalue weighted by atomic mass is 9.94. The first-order valence-corrected chi connectivity index (χ1v) is 12.7. The van der Waals surface area contributed by atoms with E-state index in [2.05, 4.69) is 32.6 Å². The van der Waals surface area contributed by atoms with Gasteiger partial charge in [-0.1, -0.05) is 91.9 Å². The number of esters is 1. The molecule has 0 spiro atoms. The smallest absolute Gasteiger partial charge is 0.309 e. The highest BCUT2D eigenvalue weighted by molar-refractivity contribution is 5.72. The minimum absolute atomic E-state index is 0.0437. The summed E-state index contributed by atoms with van der Waals surface area (Å²) >= 11 is 0. The summed E-state index contributed by atoms with van der Waals surface area (Å²) in [6.07, 6.45) is 13.3. The molecule has 180 valence electrons. The van der Waals surface area contributed by atoms with Crippen LogP contribution >= 0.6 is 0 Å². The monoisotopic (exact) mass is 429 g/mol. The third-order valence-electron chi connectivity index (χ3n) is 5.88. The van der Waals surface area contributed by atoms with Crippen molar-refractivity contribution in [3.8, 4) is 0 Å². The fourth-order valence-electron chi connectivity index (χ4n) is 3.70. The van der Waals surface area contributed by atoms with Crippen LogP contribution in [0.1, 0.15) is 105 Å². The van der Waals surface area contributed by atoms with Crippen molar-refractivity contribution >= 4 is 5.97 Å². The molecule has 0 aromatic rings. The van der Waals surface area contributed by atoms with Crippen LogP contribution in [0, 0.1) is 5.92 Å². The predicted octanol–water partition coefficient (Wildman–Crippen LogP) is 5.59. The van der Waals surface area contributed by atoms with Crippen LogP contribution < -0.4 is 0 Å². The first-order valence-electron chi connectivity index (χ1n) is 12.7. The summed E-state index contributed by atoms with van der Waals surface area (Å²) in [6, 6.07) is 0. The van der Waals surface area contributed by atoms with Gasteiger partial charge >= 0.3 is 5.97 Å². The summed E-state index contributed by atoms with van der Waals surface area (Å²) in [4.78, 5) is 15.1. The molecule has 0 bridgehead atoms. The van der Waals surface area contributed by atoms with Crippen LogP contribution in [0.15, 0.2) is 0 Å². The van der Waals surface area contributed by atoms with E-state index >= 15 is 0 Å². The molecule has 2 atom stereocenters. The molecule has 0 amide bonds. The number of unbranched alkanes of at least 4 members (excludes halogenated alkanes) is 8. The lowest BCUT2D eigenvalue weighted by molar-refractivity contribution is -0.160. The number of likely N-dealkylation sites (N-methyl/N-ethyl adjacent to an activating group) is 1. The molecular formula is C25H51NO4. The van der Waals surface area contributed by atoms with Gasteiger partial charge in [0.1, 0.15) is 6.10 Å². The van der Waals surface area contributed by atoms with E-state index in [1.54, 1.807) is 0 Å². The van der Waals surface area contributed by atoms with Crippen molar-refractivity contribution in [1.82, 2.24) is 4.90 Å². The Hall–Kier alpha value is -0.650. The molecule has 0 aliphatic heterocycles. The Morgan fingerprint density at radius 1 is 0.833 bits per heavy atom. The van der Waals surface area contributed by atoms with Crippen molar-refractivity contribution in [2.45, 2.75) is 111 Å². The van der Waals surface area contributed by atoms with Crippen molar-refractivity contribution < 1.29 is 19.4 Å². The molecule has 0 aliphatic rings. The molecule has 5 heteroatoms. The van der Waals surface area contributed by atoms with Crippen LogP contribution in [0.3, 0.4) is 0 Å². The molecule has 0 aromatic carbocycles. The second-order valence-corrected chi connectivity index (χ2v) is 8.45. The van der Waals surface area contributed by atoms with Crippen LogP contribution in [0.25, 0.3) is 0 Å². The van der Waals surface area contributed by atoms with Crippen LogP contribution in [0.5, 0.6) is 0 Å². The van der Waals surface area contributed by atoms with Crippen molar-refractivity contribution in [1.29, 1.82) is 0 Å². The van der Waals surface area contributed by atoms with E-state index in [-0.39, 0.29) is 25.1 Å². The highest BCUT2D eigenvalue weighted by Crippen LogP contribution is 2.21. The van der Waals surface area contributed by atoms with E-state index in [9.17, 15) is 9.90 Å². The van der Waals surface area contributed by atoms with Gasteiger partial charge in [0.05, 0.1) is 25.7 Å². The van der Waals surface area contributed by atoms with Gasteiger partial charge in [0.25, 0.3) is 0 Å². The Labute approximate surface area is 186 Å². The molecule has 0 radical (unpaired) electrons. The molecule has 0 saturated heterocycles. The number of carbonyl (C=O) groups is 1. The van der Waals surface area contributed by atoms with Crippen molar-refractivity contribution in [2.24, 2.45) is 5.92 Å². The molecule has 30 heavy (non-hydrogen) atoms. The van der Waals surface area contributed by atoms with E-state index in [1.807, 2.05) is 0 Å². The maximum atomic E-state index is 12.8. The zero-order chi connectivity index (χ0) is 22.5. The maximum absolute atomic E-state index is 12.8. The summed E-state index contributed by atoms with van der Waals surface area (Å²) in [5, 5.41) is 9.63. The van der Waals surface area contributed by atoms with Gasteiger partial charge in [-0.15, -0.1) is 0 Å². The second-order valence-electron chi connectivity index (χ2n) is 8.45. The van der Waals surface area contributed by atoms with Crippen LogP contribution in [0.2, 0.25) is 0 Å². The van der Waals surface area contributed by atoms with Crippen molar-refractivity contribution in [3.05, 3.63) is 0 Å². The van der Waals surface area contributed by atoms with Gasteiger partial charge in [0, 0.05) is 6.54 Å². The summed E-state index contributed by atoms with van der Waals surface area (Å²) in [7, 11) is 0. The molecule has 2 unspecified atom stereocenters. The van der Waals surface area contributed by atoms with E-state index in [0.717, 1.165) is 45.3 Å². The van der Waals surface area contributed by atoms with Gasteiger partial charge in [-0.3, -0.25) is 4.79 Å². The number of rotatable bonds is 22. The molecule has 0 rings (SSSR count). The molecule has 0 heterocycles. The average Bonchev–Trinajstić information content (AvgIpc) is 2.76. The topological polar surface area (TPSA) is 59.0 Å². The molecule has 1 N–H and O–H groups in total. The van der Waals surface area contributed by atoms with Gasteiger partial charge < -0.3 is 19.5 Å². The Morgan fingerprint density at radius 3 is 1.90 bits per heavy atom. The van der Waals surface area contributed by atoms with Gasteiger partial charge in [-0.2, -0.15) is 0 Å². The van der Waals surface area contributed by atoms with Gasteiger partial charge in [0.15, 0.2) is 0 Å². The minimum Gasteiger partial charge on any atom is -0.457 e.